The van der Waals surface area contributed by atoms with Crippen molar-refractivity contribution in [3.63, 3.8) is 0 Å². The lowest BCUT2D eigenvalue weighted by atomic mass is 10.1. The van der Waals surface area contributed by atoms with Gasteiger partial charge in [0.25, 0.3) is 5.91 Å². The number of amides is 2. The van der Waals surface area contributed by atoms with Gasteiger partial charge in [-0.1, -0.05) is 43.0 Å². The summed E-state index contributed by atoms with van der Waals surface area (Å²) in [7, 11) is 0. The van der Waals surface area contributed by atoms with Crippen LogP contribution < -0.4 is 5.32 Å². The van der Waals surface area contributed by atoms with Gasteiger partial charge in [-0.15, -0.1) is 12.6 Å². The molecule has 1 N–H and O–H groups in total. The van der Waals surface area contributed by atoms with Crippen molar-refractivity contribution in [2.75, 3.05) is 5.32 Å². The Hall–Kier alpha value is -3.12. The van der Waals surface area contributed by atoms with Crippen molar-refractivity contribution in [2.24, 2.45) is 5.10 Å². The molecule has 0 saturated carbocycles. The highest BCUT2D eigenvalue weighted by atomic mass is 32.1. The van der Waals surface area contributed by atoms with Crippen molar-refractivity contribution in [1.82, 2.24) is 5.01 Å². The molecule has 0 aromatic heterocycles. The first-order valence-corrected chi connectivity index (χ1v) is 9.16. The van der Waals surface area contributed by atoms with Crippen molar-refractivity contribution in [1.29, 1.82) is 0 Å². The fraction of sp³-hybridized carbons (Fsp3) is 0.136. The molecule has 5 nitrogen and oxygen atoms in total. The second kappa shape index (κ2) is 10.3. The predicted octanol–water partition coefficient (Wildman–Crippen LogP) is 4.66. The predicted molar refractivity (Wildman–Crippen MR) is 117 cm³/mol. The molecule has 0 aliphatic rings. The van der Waals surface area contributed by atoms with Gasteiger partial charge in [0, 0.05) is 23.1 Å². The molecule has 2 rings (SSSR count). The van der Waals surface area contributed by atoms with Gasteiger partial charge in [-0.2, -0.15) is 5.10 Å². The smallest absolute Gasteiger partial charge is 0.274 e. The van der Waals surface area contributed by atoms with Gasteiger partial charge in [-0.25, -0.2) is 5.01 Å². The summed E-state index contributed by atoms with van der Waals surface area (Å²) >= 11 is 4.39. The summed E-state index contributed by atoms with van der Waals surface area (Å²) in [6.45, 7) is 7.17. The highest BCUT2D eigenvalue weighted by molar-refractivity contribution is 7.85. The fourth-order valence-electron chi connectivity index (χ4n) is 2.42. The lowest BCUT2D eigenvalue weighted by Gasteiger charge is -2.19. The molecular weight excluding hydrogens is 370 g/mol. The molecule has 0 saturated heterocycles. The van der Waals surface area contributed by atoms with Crippen molar-refractivity contribution in [2.45, 2.75) is 20.4 Å². The number of hydrogen-bond acceptors (Lipinski definition) is 4. The van der Waals surface area contributed by atoms with Crippen LogP contribution in [0.2, 0.25) is 0 Å². The van der Waals surface area contributed by atoms with E-state index in [0.717, 1.165) is 5.56 Å². The van der Waals surface area contributed by atoms with Crippen molar-refractivity contribution in [3.05, 3.63) is 89.4 Å². The van der Waals surface area contributed by atoms with Crippen molar-refractivity contribution in [3.8, 4) is 0 Å². The monoisotopic (exact) mass is 393 g/mol. The molecule has 0 unspecified atom stereocenters. The standard InChI is InChI=1S/C22H23N3O2S/c1-4-8-21(28)16(2)24-25(22(27)19-9-6-5-7-10-19)15-18-11-13-20(14-12-18)23-17(3)26/h4-14,28H,1,15H2,2-3H3,(H,23,26)/b21-8-,24-16+. The van der Waals surface area contributed by atoms with Gasteiger partial charge in [-0.3, -0.25) is 9.59 Å². The van der Waals surface area contributed by atoms with Crippen LogP contribution in [0.25, 0.3) is 0 Å². The second-order valence-corrected chi connectivity index (χ2v) is 6.56. The zero-order valence-electron chi connectivity index (χ0n) is 15.9. The van der Waals surface area contributed by atoms with Gasteiger partial charge in [0.15, 0.2) is 0 Å². The van der Waals surface area contributed by atoms with Crippen LogP contribution in [-0.2, 0) is 11.3 Å². The zero-order chi connectivity index (χ0) is 20.5. The molecule has 0 aliphatic heterocycles. The average Bonchev–Trinajstić information content (AvgIpc) is 2.68. The lowest BCUT2D eigenvalue weighted by Crippen LogP contribution is -2.26. The number of carbonyl (C=O) groups excluding carboxylic acids is 2. The number of anilines is 1. The maximum absolute atomic E-state index is 13.0. The number of rotatable bonds is 7. The molecule has 6 heteroatoms. The van der Waals surface area contributed by atoms with E-state index in [2.05, 4.69) is 29.6 Å². The summed E-state index contributed by atoms with van der Waals surface area (Å²) in [6.07, 6.45) is 3.33. The van der Waals surface area contributed by atoms with Gasteiger partial charge in [-0.05, 0) is 42.8 Å². The Bertz CT molecular complexity index is 903. The largest absolute Gasteiger partial charge is 0.326 e. The summed E-state index contributed by atoms with van der Waals surface area (Å²) in [6, 6.07) is 16.3. The third-order valence-electron chi connectivity index (χ3n) is 3.78. The molecule has 28 heavy (non-hydrogen) atoms. The minimum absolute atomic E-state index is 0.135. The Morgan fingerprint density at radius 1 is 1.11 bits per heavy atom. The quantitative estimate of drug-likeness (QED) is 0.311. The molecule has 0 spiro atoms. The molecule has 0 bridgehead atoms. The Morgan fingerprint density at radius 3 is 2.32 bits per heavy atom. The first-order valence-electron chi connectivity index (χ1n) is 8.71. The highest BCUT2D eigenvalue weighted by Crippen LogP contribution is 2.16. The average molecular weight is 394 g/mol. The van der Waals surface area contributed by atoms with E-state index in [0.29, 0.717) is 21.9 Å². The van der Waals surface area contributed by atoms with Crippen LogP contribution in [0.1, 0.15) is 29.8 Å². The molecular formula is C22H23N3O2S. The van der Waals surface area contributed by atoms with Gasteiger partial charge in [0.2, 0.25) is 5.91 Å². The Morgan fingerprint density at radius 2 is 1.75 bits per heavy atom. The Balaban J connectivity index is 2.31. The minimum atomic E-state index is -0.217. The number of thiol groups is 1. The van der Waals surface area contributed by atoms with E-state index >= 15 is 0 Å². The Kier molecular flexibility index (Phi) is 7.77. The molecule has 2 amide bonds. The van der Waals surface area contributed by atoms with E-state index in [9.17, 15) is 9.59 Å². The Labute approximate surface area is 170 Å². The molecule has 144 valence electrons. The minimum Gasteiger partial charge on any atom is -0.326 e. The summed E-state index contributed by atoms with van der Waals surface area (Å²) in [5.41, 5.74) is 2.72. The van der Waals surface area contributed by atoms with E-state index in [1.807, 2.05) is 30.3 Å². The fourth-order valence-corrected chi connectivity index (χ4v) is 2.57. The number of nitrogens with one attached hydrogen (secondary N) is 1. The van der Waals surface area contributed by atoms with Crippen LogP contribution in [0.15, 0.2) is 83.3 Å². The van der Waals surface area contributed by atoms with Gasteiger partial charge in [0.05, 0.1) is 12.3 Å². The number of nitrogens with zero attached hydrogens (tertiary/aromatic N) is 2. The SMILES string of the molecule is C=C/C=C(S)/C(C)=N/N(Cc1ccc(NC(C)=O)cc1)C(=O)c1ccccc1. The lowest BCUT2D eigenvalue weighted by molar-refractivity contribution is -0.114. The zero-order valence-corrected chi connectivity index (χ0v) is 16.8. The summed E-state index contributed by atoms with van der Waals surface area (Å²) in [5.74, 6) is -0.352. The summed E-state index contributed by atoms with van der Waals surface area (Å²) in [4.78, 5) is 24.8. The molecule has 0 aliphatic carbocycles. The highest BCUT2D eigenvalue weighted by Gasteiger charge is 2.16. The van der Waals surface area contributed by atoms with Crippen LogP contribution in [0.4, 0.5) is 5.69 Å². The van der Waals surface area contributed by atoms with Gasteiger partial charge in [0.1, 0.15) is 0 Å². The molecule has 0 fully saturated rings. The second-order valence-electron chi connectivity index (χ2n) is 6.08. The van der Waals surface area contributed by atoms with E-state index in [1.165, 1.54) is 11.9 Å². The number of benzene rings is 2. The van der Waals surface area contributed by atoms with Crippen molar-refractivity contribution >= 4 is 35.8 Å². The van der Waals surface area contributed by atoms with Crippen LogP contribution in [0, 0.1) is 0 Å². The maximum Gasteiger partial charge on any atom is 0.274 e. The summed E-state index contributed by atoms with van der Waals surface area (Å²) in [5, 5.41) is 8.60. The van der Waals surface area contributed by atoms with Crippen LogP contribution in [0.3, 0.4) is 0 Å². The number of allylic oxidation sites excluding steroid dienone is 3. The maximum atomic E-state index is 13.0. The van der Waals surface area contributed by atoms with E-state index in [4.69, 9.17) is 0 Å². The third kappa shape index (κ3) is 6.25. The first-order chi connectivity index (χ1) is 13.4. The number of hydrogen-bond donors (Lipinski definition) is 2. The van der Waals surface area contributed by atoms with Gasteiger partial charge >= 0.3 is 0 Å². The van der Waals surface area contributed by atoms with E-state index in [-0.39, 0.29) is 18.4 Å². The molecule has 2 aromatic carbocycles. The normalized spacial score (nSPS) is 11.7. The van der Waals surface area contributed by atoms with Crippen molar-refractivity contribution < 1.29 is 9.59 Å². The molecule has 0 atom stereocenters. The topological polar surface area (TPSA) is 61.8 Å². The number of hydrazone groups is 1. The summed E-state index contributed by atoms with van der Waals surface area (Å²) < 4.78 is 0. The molecule has 0 radical (unpaired) electrons. The van der Waals surface area contributed by atoms with Gasteiger partial charge < -0.3 is 5.32 Å². The first kappa shape index (κ1) is 21.2. The number of carbonyl (C=O) groups is 2. The van der Waals surface area contributed by atoms with E-state index in [1.54, 1.807) is 43.3 Å². The molecule has 0 heterocycles. The van der Waals surface area contributed by atoms with Crippen LogP contribution in [0.5, 0.6) is 0 Å². The van der Waals surface area contributed by atoms with E-state index < -0.39 is 0 Å². The van der Waals surface area contributed by atoms with Crippen LogP contribution >= 0.6 is 12.6 Å². The third-order valence-corrected chi connectivity index (χ3v) is 4.25. The molecule has 2 aromatic rings. The van der Waals surface area contributed by atoms with Crippen LogP contribution in [-0.4, -0.2) is 22.5 Å².